The van der Waals surface area contributed by atoms with Crippen molar-refractivity contribution in [3.05, 3.63) is 59.7 Å². The molecule has 2 rings (SSSR count). The quantitative estimate of drug-likeness (QED) is 0.835. The monoisotopic (exact) mass is 241 g/mol. The van der Waals surface area contributed by atoms with E-state index >= 15 is 0 Å². The van der Waals surface area contributed by atoms with Gasteiger partial charge in [0, 0.05) is 5.56 Å². The van der Waals surface area contributed by atoms with E-state index in [9.17, 15) is 9.59 Å². The molecule has 0 fully saturated rings. The van der Waals surface area contributed by atoms with Gasteiger partial charge < -0.3 is 10.5 Å². The van der Waals surface area contributed by atoms with Crippen LogP contribution in [0.5, 0.6) is 11.5 Å². The van der Waals surface area contributed by atoms with Gasteiger partial charge in [-0.3, -0.25) is 9.59 Å². The smallest absolute Gasteiger partial charge is 0.248 e. The number of nitrogens with two attached hydrogens (primary N) is 1. The molecule has 2 aromatic rings. The number of hydrogen-bond donors (Lipinski definition) is 1. The van der Waals surface area contributed by atoms with E-state index in [2.05, 4.69) is 0 Å². The summed E-state index contributed by atoms with van der Waals surface area (Å²) in [5, 5.41) is 0. The van der Waals surface area contributed by atoms with Crippen LogP contribution >= 0.6 is 0 Å². The van der Waals surface area contributed by atoms with E-state index in [-0.39, 0.29) is 0 Å². The Balaban J connectivity index is 2.23. The zero-order valence-electron chi connectivity index (χ0n) is 9.50. The molecule has 0 heterocycles. The van der Waals surface area contributed by atoms with Crippen molar-refractivity contribution < 1.29 is 14.3 Å². The van der Waals surface area contributed by atoms with E-state index in [0.717, 1.165) is 6.29 Å². The number of para-hydroxylation sites is 1. The van der Waals surface area contributed by atoms with Gasteiger partial charge in [0.1, 0.15) is 11.5 Å². The molecule has 0 spiro atoms. The Kier molecular flexibility index (Phi) is 3.38. The molecule has 4 nitrogen and oxygen atoms in total. The van der Waals surface area contributed by atoms with Crippen LogP contribution in [0.3, 0.4) is 0 Å². The fourth-order valence-corrected chi connectivity index (χ4v) is 1.49. The van der Waals surface area contributed by atoms with Crippen molar-refractivity contribution in [2.75, 3.05) is 0 Å². The molecular weight excluding hydrogens is 230 g/mol. The number of carbonyl (C=O) groups excluding carboxylic acids is 2. The number of aldehydes is 1. The van der Waals surface area contributed by atoms with E-state index in [0.29, 0.717) is 22.6 Å². The van der Waals surface area contributed by atoms with Gasteiger partial charge in [0.05, 0.1) is 5.56 Å². The fraction of sp³-hybridized carbons (Fsp3) is 0. The molecule has 0 aliphatic carbocycles. The van der Waals surface area contributed by atoms with E-state index in [1.54, 1.807) is 48.5 Å². The summed E-state index contributed by atoms with van der Waals surface area (Å²) < 4.78 is 5.55. The molecule has 2 aromatic carbocycles. The Morgan fingerprint density at radius 2 is 1.72 bits per heavy atom. The van der Waals surface area contributed by atoms with Gasteiger partial charge in [-0.1, -0.05) is 12.1 Å². The van der Waals surface area contributed by atoms with Gasteiger partial charge in [-0.15, -0.1) is 0 Å². The number of amides is 1. The molecule has 0 aliphatic heterocycles. The van der Waals surface area contributed by atoms with Gasteiger partial charge in [0.15, 0.2) is 6.29 Å². The highest BCUT2D eigenvalue weighted by atomic mass is 16.5. The first-order chi connectivity index (χ1) is 8.70. The summed E-state index contributed by atoms with van der Waals surface area (Å²) in [5.41, 5.74) is 6.01. The molecular formula is C14H11NO3. The van der Waals surface area contributed by atoms with Crippen LogP contribution in [0.1, 0.15) is 20.7 Å². The van der Waals surface area contributed by atoms with Crippen molar-refractivity contribution in [2.24, 2.45) is 5.73 Å². The maximum absolute atomic E-state index is 10.9. The van der Waals surface area contributed by atoms with Crippen LogP contribution in [-0.4, -0.2) is 12.2 Å². The molecule has 4 heteroatoms. The minimum Gasteiger partial charge on any atom is -0.457 e. The molecule has 2 N–H and O–H groups in total. The third-order valence-electron chi connectivity index (χ3n) is 2.41. The Bertz CT molecular complexity index is 576. The van der Waals surface area contributed by atoms with Crippen molar-refractivity contribution in [3.8, 4) is 11.5 Å². The normalized spacial score (nSPS) is 9.78. The number of benzene rings is 2. The van der Waals surface area contributed by atoms with Gasteiger partial charge in [-0.25, -0.2) is 0 Å². The second-order valence-corrected chi connectivity index (χ2v) is 3.65. The summed E-state index contributed by atoms with van der Waals surface area (Å²) in [6.45, 7) is 0. The predicted octanol–water partition coefficient (Wildman–Crippen LogP) is 2.39. The molecule has 0 saturated heterocycles. The molecule has 0 unspecified atom stereocenters. The van der Waals surface area contributed by atoms with Crippen LogP contribution in [0.2, 0.25) is 0 Å². The lowest BCUT2D eigenvalue weighted by atomic mass is 10.2. The average Bonchev–Trinajstić information content (AvgIpc) is 2.40. The number of hydrogen-bond acceptors (Lipinski definition) is 3. The summed E-state index contributed by atoms with van der Waals surface area (Å²) in [7, 11) is 0. The van der Waals surface area contributed by atoms with Crippen LogP contribution in [0.25, 0.3) is 0 Å². The van der Waals surface area contributed by atoms with E-state index in [1.807, 2.05) is 0 Å². The molecule has 0 atom stereocenters. The standard InChI is InChI=1S/C14H11NO3/c15-14(17)10-5-7-12(8-6-10)18-13-4-2-1-3-11(13)9-16/h1-9H,(H2,15,17). The molecule has 0 bridgehead atoms. The average molecular weight is 241 g/mol. The number of primary amides is 1. The minimum absolute atomic E-state index is 0.408. The van der Waals surface area contributed by atoms with Crippen LogP contribution in [0, 0.1) is 0 Å². The van der Waals surface area contributed by atoms with Crippen molar-refractivity contribution in [3.63, 3.8) is 0 Å². The Hall–Kier alpha value is -2.62. The third-order valence-corrected chi connectivity index (χ3v) is 2.41. The second-order valence-electron chi connectivity index (χ2n) is 3.65. The highest BCUT2D eigenvalue weighted by molar-refractivity contribution is 5.92. The molecule has 1 amide bonds. The molecule has 0 aliphatic rings. The summed E-state index contributed by atoms with van der Waals surface area (Å²) in [6, 6.07) is 13.3. The maximum Gasteiger partial charge on any atom is 0.248 e. The van der Waals surface area contributed by atoms with Gasteiger partial charge >= 0.3 is 0 Å². The van der Waals surface area contributed by atoms with Crippen LogP contribution in [-0.2, 0) is 0 Å². The van der Waals surface area contributed by atoms with Crippen LogP contribution < -0.4 is 10.5 Å². The molecule has 90 valence electrons. The van der Waals surface area contributed by atoms with E-state index < -0.39 is 5.91 Å². The van der Waals surface area contributed by atoms with Gasteiger partial charge in [0.2, 0.25) is 5.91 Å². The van der Waals surface area contributed by atoms with Crippen molar-refractivity contribution in [2.45, 2.75) is 0 Å². The molecule has 18 heavy (non-hydrogen) atoms. The summed E-state index contributed by atoms with van der Waals surface area (Å²) in [5.74, 6) is 0.517. The van der Waals surface area contributed by atoms with E-state index in [1.165, 1.54) is 0 Å². The highest BCUT2D eigenvalue weighted by Gasteiger charge is 2.04. The van der Waals surface area contributed by atoms with Crippen LogP contribution in [0.4, 0.5) is 0 Å². The Morgan fingerprint density at radius 1 is 1.06 bits per heavy atom. The number of ether oxygens (including phenoxy) is 1. The Labute approximate surface area is 104 Å². The van der Waals surface area contributed by atoms with Crippen LogP contribution in [0.15, 0.2) is 48.5 Å². The van der Waals surface area contributed by atoms with Crippen molar-refractivity contribution in [1.29, 1.82) is 0 Å². The minimum atomic E-state index is -0.491. The van der Waals surface area contributed by atoms with Gasteiger partial charge in [0.25, 0.3) is 0 Å². The molecule has 0 aromatic heterocycles. The fourth-order valence-electron chi connectivity index (χ4n) is 1.49. The number of carbonyl (C=O) groups is 2. The third kappa shape index (κ3) is 2.55. The van der Waals surface area contributed by atoms with Crippen molar-refractivity contribution >= 4 is 12.2 Å². The van der Waals surface area contributed by atoms with Crippen molar-refractivity contribution in [1.82, 2.24) is 0 Å². The van der Waals surface area contributed by atoms with E-state index in [4.69, 9.17) is 10.5 Å². The van der Waals surface area contributed by atoms with Gasteiger partial charge in [-0.05, 0) is 36.4 Å². The maximum atomic E-state index is 10.9. The first kappa shape index (κ1) is 11.9. The zero-order valence-corrected chi connectivity index (χ0v) is 9.50. The SMILES string of the molecule is NC(=O)c1ccc(Oc2ccccc2C=O)cc1. The number of rotatable bonds is 4. The predicted molar refractivity (Wildman–Crippen MR) is 66.9 cm³/mol. The summed E-state index contributed by atoms with van der Waals surface area (Å²) >= 11 is 0. The summed E-state index contributed by atoms with van der Waals surface area (Å²) in [4.78, 5) is 21.7. The largest absolute Gasteiger partial charge is 0.457 e. The first-order valence-corrected chi connectivity index (χ1v) is 5.32. The lowest BCUT2D eigenvalue weighted by Gasteiger charge is -2.07. The van der Waals surface area contributed by atoms with Gasteiger partial charge in [-0.2, -0.15) is 0 Å². The molecule has 0 saturated carbocycles. The summed E-state index contributed by atoms with van der Waals surface area (Å²) in [6.07, 6.45) is 0.729. The molecule has 0 radical (unpaired) electrons. The topological polar surface area (TPSA) is 69.4 Å². The second kappa shape index (κ2) is 5.14. The lowest BCUT2D eigenvalue weighted by Crippen LogP contribution is -2.10. The Morgan fingerprint density at radius 3 is 2.33 bits per heavy atom. The lowest BCUT2D eigenvalue weighted by molar-refractivity contribution is 0.1000. The first-order valence-electron chi connectivity index (χ1n) is 5.32. The highest BCUT2D eigenvalue weighted by Crippen LogP contribution is 2.24. The zero-order chi connectivity index (χ0) is 13.0.